The van der Waals surface area contributed by atoms with Gasteiger partial charge in [-0.2, -0.15) is 0 Å². The molecule has 1 N–H and O–H groups in total. The van der Waals surface area contributed by atoms with Crippen LogP contribution in [0.15, 0.2) is 89.4 Å². The number of nitrogens with zero attached hydrogens (tertiary/aromatic N) is 2. The monoisotopic (exact) mass is 517 g/mol. The van der Waals surface area contributed by atoms with Crippen molar-refractivity contribution >= 4 is 21.8 Å². The van der Waals surface area contributed by atoms with Crippen molar-refractivity contribution in [2.45, 2.75) is 0 Å². The number of likely N-dealkylation sites (N-methyl/N-ethyl adjacent to an activating group) is 1. The van der Waals surface area contributed by atoms with E-state index >= 15 is 0 Å². The van der Waals surface area contributed by atoms with Gasteiger partial charge in [0.05, 0.1) is 18.5 Å². The lowest BCUT2D eigenvalue weighted by atomic mass is 10.1. The lowest BCUT2D eigenvalue weighted by molar-refractivity contribution is 0.0951. The molecule has 0 radical (unpaired) electrons. The van der Waals surface area contributed by atoms with Gasteiger partial charge >= 0.3 is 0 Å². The second kappa shape index (κ2) is 10.7. The van der Waals surface area contributed by atoms with Gasteiger partial charge in [-0.15, -0.1) is 0 Å². The summed E-state index contributed by atoms with van der Waals surface area (Å²) in [7, 11) is 5.62. The molecule has 1 aromatic heterocycles. The van der Waals surface area contributed by atoms with Crippen LogP contribution in [0.25, 0.3) is 28.2 Å². The van der Waals surface area contributed by atoms with Gasteiger partial charge in [-0.3, -0.25) is 4.79 Å². The molecule has 0 fully saturated rings. The third kappa shape index (κ3) is 5.24. The Morgan fingerprint density at radius 2 is 1.65 bits per heavy atom. The molecule has 4 aromatic rings. The van der Waals surface area contributed by atoms with Crippen molar-refractivity contribution in [1.29, 1.82) is 0 Å². The summed E-state index contributed by atoms with van der Waals surface area (Å²) < 4.78 is 8.95. The Bertz CT molecular complexity index is 1260. The topological polar surface area (TPSA) is 46.5 Å². The lowest BCUT2D eigenvalue weighted by Gasteiger charge is -2.17. The largest absolute Gasteiger partial charge is 0.496 e. The summed E-state index contributed by atoms with van der Waals surface area (Å²) in [5, 5.41) is 3.00. The van der Waals surface area contributed by atoms with Crippen LogP contribution in [0.4, 0.5) is 0 Å². The number of hydrogen-bond acceptors (Lipinski definition) is 3. The molecule has 6 heteroatoms. The number of carbonyl (C=O) groups is 1. The normalized spacial score (nSPS) is 11.0. The fraction of sp³-hybridized carbons (Fsp3) is 0.179. The first-order valence-electron chi connectivity index (χ1n) is 11.1. The molecule has 1 amide bonds. The van der Waals surface area contributed by atoms with E-state index in [1.165, 1.54) is 0 Å². The van der Waals surface area contributed by atoms with Crippen LogP contribution in [0.2, 0.25) is 0 Å². The van der Waals surface area contributed by atoms with Gasteiger partial charge in [-0.05, 0) is 74.3 Å². The van der Waals surface area contributed by atoms with E-state index in [1.54, 1.807) is 13.2 Å². The van der Waals surface area contributed by atoms with Gasteiger partial charge in [0.25, 0.3) is 5.91 Å². The van der Waals surface area contributed by atoms with Crippen molar-refractivity contribution in [3.05, 3.63) is 95.0 Å². The first-order valence-corrected chi connectivity index (χ1v) is 11.9. The number of benzene rings is 3. The number of ether oxygens (including phenoxy) is 1. The fourth-order valence-corrected chi connectivity index (χ4v) is 4.16. The smallest absolute Gasteiger partial charge is 0.251 e. The molecule has 0 saturated heterocycles. The predicted octanol–water partition coefficient (Wildman–Crippen LogP) is 5.87. The SMILES string of the molecule is COc1ccc(C(=O)NCCN(C)C)cc1-c1ccc(-c2ccc(Br)cc2)n1-c1ccccc1. The number of amides is 1. The molecule has 1 heterocycles. The first kappa shape index (κ1) is 23.8. The van der Waals surface area contributed by atoms with Crippen molar-refractivity contribution in [1.82, 2.24) is 14.8 Å². The molecule has 0 bridgehead atoms. The van der Waals surface area contributed by atoms with E-state index in [0.29, 0.717) is 17.9 Å². The number of nitrogens with one attached hydrogen (secondary N) is 1. The van der Waals surface area contributed by atoms with Gasteiger partial charge in [-0.25, -0.2) is 0 Å². The highest BCUT2D eigenvalue weighted by Gasteiger charge is 2.18. The molecule has 0 atom stereocenters. The standard InChI is InChI=1S/C28H28BrN3O2/c1-31(2)18-17-30-28(33)21-11-16-27(34-3)24(19-21)26-15-14-25(20-9-12-22(29)13-10-20)32(26)23-7-5-4-6-8-23/h4-16,19H,17-18H2,1-3H3,(H,30,33). The summed E-state index contributed by atoms with van der Waals surface area (Å²) in [6.45, 7) is 1.36. The summed E-state index contributed by atoms with van der Waals surface area (Å²) >= 11 is 3.53. The van der Waals surface area contributed by atoms with E-state index in [-0.39, 0.29) is 5.91 Å². The molecule has 0 aliphatic rings. The van der Waals surface area contributed by atoms with Gasteiger partial charge in [0.1, 0.15) is 5.75 Å². The third-order valence-electron chi connectivity index (χ3n) is 5.62. The Morgan fingerprint density at radius 1 is 0.941 bits per heavy atom. The zero-order valence-electron chi connectivity index (χ0n) is 19.6. The second-order valence-electron chi connectivity index (χ2n) is 8.26. The van der Waals surface area contributed by atoms with Crippen molar-refractivity contribution in [2.75, 3.05) is 34.3 Å². The highest BCUT2D eigenvalue weighted by molar-refractivity contribution is 9.10. The van der Waals surface area contributed by atoms with E-state index < -0.39 is 0 Å². The van der Waals surface area contributed by atoms with Crippen LogP contribution < -0.4 is 10.1 Å². The van der Waals surface area contributed by atoms with Gasteiger partial charge in [-0.1, -0.05) is 46.3 Å². The van der Waals surface area contributed by atoms with Crippen molar-refractivity contribution in [3.8, 4) is 34.0 Å². The van der Waals surface area contributed by atoms with Crippen LogP contribution in [0.1, 0.15) is 10.4 Å². The molecule has 174 valence electrons. The summed E-state index contributed by atoms with van der Waals surface area (Å²) in [5.41, 5.74) is 5.58. The number of rotatable bonds is 8. The van der Waals surface area contributed by atoms with Crippen LogP contribution in [0.5, 0.6) is 5.75 Å². The predicted molar refractivity (Wildman–Crippen MR) is 142 cm³/mol. The zero-order valence-corrected chi connectivity index (χ0v) is 21.2. The van der Waals surface area contributed by atoms with Crippen LogP contribution in [0, 0.1) is 0 Å². The Morgan fingerprint density at radius 3 is 2.32 bits per heavy atom. The minimum atomic E-state index is -0.100. The Balaban J connectivity index is 1.82. The molecule has 0 saturated carbocycles. The first-order chi connectivity index (χ1) is 16.5. The number of halogens is 1. The molecule has 4 rings (SSSR count). The molecular formula is C28H28BrN3O2. The number of hydrogen-bond donors (Lipinski definition) is 1. The maximum Gasteiger partial charge on any atom is 0.251 e. The second-order valence-corrected chi connectivity index (χ2v) is 9.17. The molecule has 0 spiro atoms. The highest BCUT2D eigenvalue weighted by Crippen LogP contribution is 2.37. The van der Waals surface area contributed by atoms with Crippen molar-refractivity contribution < 1.29 is 9.53 Å². The Kier molecular flexibility index (Phi) is 7.50. The summed E-state index contributed by atoms with van der Waals surface area (Å²) in [4.78, 5) is 14.9. The van der Waals surface area contributed by atoms with Gasteiger partial charge in [0, 0.05) is 34.4 Å². The van der Waals surface area contributed by atoms with E-state index in [0.717, 1.165) is 39.2 Å². The van der Waals surface area contributed by atoms with Crippen LogP contribution in [-0.4, -0.2) is 49.7 Å². The molecule has 0 unspecified atom stereocenters. The molecular weight excluding hydrogens is 490 g/mol. The fourth-order valence-electron chi connectivity index (χ4n) is 3.89. The quantitative estimate of drug-likeness (QED) is 0.317. The third-order valence-corrected chi connectivity index (χ3v) is 6.15. The average Bonchev–Trinajstić information content (AvgIpc) is 3.29. The van der Waals surface area contributed by atoms with Crippen LogP contribution in [-0.2, 0) is 0 Å². The Labute approximate surface area is 209 Å². The number of aromatic nitrogens is 1. The van der Waals surface area contributed by atoms with E-state index in [4.69, 9.17) is 4.74 Å². The average molecular weight is 518 g/mol. The zero-order chi connectivity index (χ0) is 24.1. The maximum absolute atomic E-state index is 12.8. The van der Waals surface area contributed by atoms with Crippen LogP contribution >= 0.6 is 15.9 Å². The number of carbonyl (C=O) groups excluding carboxylic acids is 1. The molecule has 34 heavy (non-hydrogen) atoms. The molecule has 0 aliphatic carbocycles. The van der Waals surface area contributed by atoms with Gasteiger partial charge < -0.3 is 19.5 Å². The maximum atomic E-state index is 12.8. The number of methoxy groups -OCH3 is 1. The number of para-hydroxylation sites is 1. The lowest BCUT2D eigenvalue weighted by Crippen LogP contribution is -2.31. The summed E-state index contributed by atoms with van der Waals surface area (Å²) in [6.07, 6.45) is 0. The molecule has 5 nitrogen and oxygen atoms in total. The summed E-state index contributed by atoms with van der Waals surface area (Å²) in [5.74, 6) is 0.610. The van der Waals surface area contributed by atoms with Crippen LogP contribution in [0.3, 0.4) is 0 Å². The minimum absolute atomic E-state index is 0.100. The van der Waals surface area contributed by atoms with Crippen molar-refractivity contribution in [3.63, 3.8) is 0 Å². The van der Waals surface area contributed by atoms with Crippen molar-refractivity contribution in [2.24, 2.45) is 0 Å². The molecule has 0 aliphatic heterocycles. The minimum Gasteiger partial charge on any atom is -0.496 e. The van der Waals surface area contributed by atoms with E-state index in [1.807, 2.05) is 61.5 Å². The van der Waals surface area contributed by atoms with E-state index in [9.17, 15) is 4.79 Å². The van der Waals surface area contributed by atoms with Gasteiger partial charge in [0.15, 0.2) is 0 Å². The highest BCUT2D eigenvalue weighted by atomic mass is 79.9. The Hall–Kier alpha value is -3.35. The van der Waals surface area contributed by atoms with Gasteiger partial charge in [0.2, 0.25) is 0 Å². The summed E-state index contributed by atoms with van der Waals surface area (Å²) in [6, 6.07) is 28.2. The molecule has 3 aromatic carbocycles. The van der Waals surface area contributed by atoms with E-state index in [2.05, 4.69) is 62.2 Å².